The lowest BCUT2D eigenvalue weighted by molar-refractivity contribution is -0.122. The molecule has 1 aliphatic carbocycles. The van der Waals surface area contributed by atoms with Crippen LogP contribution < -0.4 is 10.6 Å². The molecule has 1 saturated heterocycles. The Morgan fingerprint density at radius 3 is 2.44 bits per heavy atom. The summed E-state index contributed by atoms with van der Waals surface area (Å²) >= 11 is 0. The first-order valence-electron chi connectivity index (χ1n) is 9.41. The molecule has 0 radical (unpaired) electrons. The summed E-state index contributed by atoms with van der Waals surface area (Å²) in [5, 5.41) is 0. The number of primary amides is 1. The zero-order valence-electron chi connectivity index (χ0n) is 15.3. The van der Waals surface area contributed by atoms with Crippen molar-refractivity contribution in [2.75, 3.05) is 24.5 Å². The first-order chi connectivity index (χ1) is 12.0. The van der Waals surface area contributed by atoms with Crippen molar-refractivity contribution >= 4 is 17.5 Å². The third kappa shape index (κ3) is 4.33. The second kappa shape index (κ2) is 7.46. The van der Waals surface area contributed by atoms with Crippen LogP contribution >= 0.6 is 0 Å². The summed E-state index contributed by atoms with van der Waals surface area (Å²) in [5.74, 6) is 0.501. The number of nitrogens with two attached hydrogens (primary N) is 1. The number of carbonyl (C=O) groups excluding carboxylic acids is 2. The number of amides is 2. The van der Waals surface area contributed by atoms with E-state index in [1.54, 1.807) is 0 Å². The Morgan fingerprint density at radius 1 is 1.20 bits per heavy atom. The number of hydrogen-bond acceptors (Lipinski definition) is 3. The number of anilines is 1. The molecule has 2 aliphatic rings. The van der Waals surface area contributed by atoms with Crippen molar-refractivity contribution < 1.29 is 9.59 Å². The Balaban J connectivity index is 1.68. The molecule has 25 heavy (non-hydrogen) atoms. The topological polar surface area (TPSA) is 66.6 Å². The van der Waals surface area contributed by atoms with Gasteiger partial charge in [0.2, 0.25) is 5.91 Å². The maximum Gasteiger partial charge on any atom is 0.254 e. The molecule has 1 aromatic rings. The number of carbonyl (C=O) groups is 2. The molecule has 1 aliphatic heterocycles. The first-order valence-corrected chi connectivity index (χ1v) is 9.41. The highest BCUT2D eigenvalue weighted by atomic mass is 16.2. The molecule has 0 aromatic heterocycles. The Morgan fingerprint density at radius 2 is 1.88 bits per heavy atom. The van der Waals surface area contributed by atoms with Gasteiger partial charge >= 0.3 is 0 Å². The van der Waals surface area contributed by atoms with Crippen molar-refractivity contribution in [2.24, 2.45) is 17.6 Å². The molecule has 0 spiro atoms. The summed E-state index contributed by atoms with van der Waals surface area (Å²) in [5.41, 5.74) is 7.26. The van der Waals surface area contributed by atoms with Crippen LogP contribution in [0, 0.1) is 11.8 Å². The molecule has 1 aromatic carbocycles. The predicted octanol–water partition coefficient (Wildman–Crippen LogP) is 2.65. The quantitative estimate of drug-likeness (QED) is 0.863. The molecule has 5 heteroatoms. The second-order valence-electron chi connectivity index (χ2n) is 7.73. The van der Waals surface area contributed by atoms with Crippen molar-refractivity contribution in [3.05, 3.63) is 29.8 Å². The molecule has 5 nitrogen and oxygen atoms in total. The maximum atomic E-state index is 12.8. The summed E-state index contributed by atoms with van der Waals surface area (Å²) < 4.78 is 0. The van der Waals surface area contributed by atoms with Crippen molar-refractivity contribution in [1.29, 1.82) is 0 Å². The van der Waals surface area contributed by atoms with Crippen LogP contribution in [0.4, 0.5) is 5.69 Å². The summed E-state index contributed by atoms with van der Waals surface area (Å²) in [7, 11) is 0. The second-order valence-corrected chi connectivity index (χ2v) is 7.73. The van der Waals surface area contributed by atoms with Crippen LogP contribution in [0.2, 0.25) is 0 Å². The molecular weight excluding hydrogens is 314 g/mol. The van der Waals surface area contributed by atoms with Crippen molar-refractivity contribution in [1.82, 2.24) is 4.90 Å². The predicted molar refractivity (Wildman–Crippen MR) is 99.5 cm³/mol. The van der Waals surface area contributed by atoms with E-state index >= 15 is 0 Å². The van der Waals surface area contributed by atoms with Crippen LogP contribution in [0.5, 0.6) is 0 Å². The number of benzene rings is 1. The van der Waals surface area contributed by atoms with Gasteiger partial charge in [-0.2, -0.15) is 0 Å². The smallest absolute Gasteiger partial charge is 0.254 e. The first kappa shape index (κ1) is 17.8. The Bertz CT molecular complexity index is 622. The number of rotatable bonds is 6. The van der Waals surface area contributed by atoms with E-state index in [0.717, 1.165) is 37.2 Å². The fourth-order valence-electron chi connectivity index (χ4n) is 3.53. The van der Waals surface area contributed by atoms with E-state index < -0.39 is 0 Å². The molecular formula is C20H29N3O2. The monoisotopic (exact) mass is 343 g/mol. The molecule has 1 saturated carbocycles. The van der Waals surface area contributed by atoms with E-state index in [0.29, 0.717) is 12.5 Å². The number of hydrogen-bond donors (Lipinski definition) is 1. The average Bonchev–Trinajstić information content (AvgIpc) is 3.43. The highest BCUT2D eigenvalue weighted by Gasteiger charge is 2.29. The van der Waals surface area contributed by atoms with Crippen LogP contribution in [0.15, 0.2) is 24.3 Å². The SMILES string of the molecule is CC(C)N(CC1CC1)C(=O)c1ccc(N2CCCC(C(N)=O)C2)cc1. The minimum atomic E-state index is -0.218. The largest absolute Gasteiger partial charge is 0.371 e. The highest BCUT2D eigenvalue weighted by Crippen LogP contribution is 2.31. The summed E-state index contributed by atoms with van der Waals surface area (Å²) in [6.07, 6.45) is 4.32. The molecule has 2 amide bonds. The van der Waals surface area contributed by atoms with E-state index in [4.69, 9.17) is 5.73 Å². The Labute approximate surface area is 150 Å². The third-order valence-electron chi connectivity index (χ3n) is 5.34. The van der Waals surface area contributed by atoms with Gasteiger partial charge in [-0.05, 0) is 69.7 Å². The lowest BCUT2D eigenvalue weighted by Crippen LogP contribution is -2.41. The van der Waals surface area contributed by atoms with Crippen LogP contribution in [0.25, 0.3) is 0 Å². The molecule has 0 bridgehead atoms. The van der Waals surface area contributed by atoms with E-state index in [9.17, 15) is 9.59 Å². The van der Waals surface area contributed by atoms with Gasteiger partial charge in [0.15, 0.2) is 0 Å². The van der Waals surface area contributed by atoms with Crippen LogP contribution in [-0.2, 0) is 4.79 Å². The Hall–Kier alpha value is -2.04. The van der Waals surface area contributed by atoms with E-state index in [-0.39, 0.29) is 23.8 Å². The van der Waals surface area contributed by atoms with Gasteiger partial charge in [0, 0.05) is 36.9 Å². The van der Waals surface area contributed by atoms with Crippen LogP contribution in [0.1, 0.15) is 49.9 Å². The van der Waals surface area contributed by atoms with Crippen molar-refractivity contribution in [3.8, 4) is 0 Å². The van der Waals surface area contributed by atoms with E-state index in [2.05, 4.69) is 18.7 Å². The fourth-order valence-corrected chi connectivity index (χ4v) is 3.53. The number of nitrogens with zero attached hydrogens (tertiary/aromatic N) is 2. The van der Waals surface area contributed by atoms with Gasteiger partial charge in [0.1, 0.15) is 0 Å². The van der Waals surface area contributed by atoms with Gasteiger partial charge in [0.05, 0.1) is 5.92 Å². The number of piperidine rings is 1. The zero-order valence-corrected chi connectivity index (χ0v) is 15.3. The summed E-state index contributed by atoms with van der Waals surface area (Å²) in [6.45, 7) is 6.61. The van der Waals surface area contributed by atoms with Gasteiger partial charge in [-0.3, -0.25) is 9.59 Å². The highest BCUT2D eigenvalue weighted by molar-refractivity contribution is 5.94. The lowest BCUT2D eigenvalue weighted by atomic mass is 9.97. The van der Waals surface area contributed by atoms with Gasteiger partial charge < -0.3 is 15.5 Å². The van der Waals surface area contributed by atoms with Gasteiger partial charge in [-0.1, -0.05) is 0 Å². The van der Waals surface area contributed by atoms with Crippen molar-refractivity contribution in [3.63, 3.8) is 0 Å². The third-order valence-corrected chi connectivity index (χ3v) is 5.34. The van der Waals surface area contributed by atoms with E-state index in [1.165, 1.54) is 12.8 Å². The molecule has 3 rings (SSSR count). The normalized spacial score (nSPS) is 20.6. The van der Waals surface area contributed by atoms with Gasteiger partial charge in [-0.25, -0.2) is 0 Å². The molecule has 1 unspecified atom stereocenters. The van der Waals surface area contributed by atoms with E-state index in [1.807, 2.05) is 29.2 Å². The lowest BCUT2D eigenvalue weighted by Gasteiger charge is -2.33. The maximum absolute atomic E-state index is 12.8. The molecule has 1 atom stereocenters. The van der Waals surface area contributed by atoms with Crippen molar-refractivity contribution in [2.45, 2.75) is 45.6 Å². The minimum Gasteiger partial charge on any atom is -0.371 e. The molecule has 2 fully saturated rings. The Kier molecular flexibility index (Phi) is 5.30. The summed E-state index contributed by atoms with van der Waals surface area (Å²) in [6, 6.07) is 8.02. The summed E-state index contributed by atoms with van der Waals surface area (Å²) in [4.78, 5) is 28.5. The molecule has 136 valence electrons. The van der Waals surface area contributed by atoms with Crippen LogP contribution in [0.3, 0.4) is 0 Å². The fraction of sp³-hybridized carbons (Fsp3) is 0.600. The molecule has 1 heterocycles. The minimum absolute atomic E-state index is 0.0787. The van der Waals surface area contributed by atoms with Gasteiger partial charge in [0.25, 0.3) is 5.91 Å². The standard InChI is InChI=1S/C20H29N3O2/c1-14(2)23(12-15-5-6-15)20(25)16-7-9-18(10-8-16)22-11-3-4-17(13-22)19(21)24/h7-10,14-15,17H,3-6,11-13H2,1-2H3,(H2,21,24). The van der Waals surface area contributed by atoms with Gasteiger partial charge in [-0.15, -0.1) is 0 Å². The zero-order chi connectivity index (χ0) is 18.0. The molecule has 2 N–H and O–H groups in total. The average molecular weight is 343 g/mol. The van der Waals surface area contributed by atoms with Crippen LogP contribution in [-0.4, -0.2) is 42.4 Å².